The first kappa shape index (κ1) is 6.23. The minimum absolute atomic E-state index is 0.0463. The van der Waals surface area contributed by atoms with Crippen molar-refractivity contribution in [2.24, 2.45) is 11.7 Å². The topological polar surface area (TPSA) is 43.1 Å². The molecule has 0 saturated carbocycles. The average Bonchev–Trinajstić information content (AvgIpc) is 2.37. The molecule has 0 aromatic rings. The molecule has 0 unspecified atom stereocenters. The van der Waals surface area contributed by atoms with Crippen molar-refractivity contribution in [2.75, 3.05) is 6.54 Å². The fraction of sp³-hybridized carbons (Fsp3) is 0.286. The molecular formula is C7H9NO. The molecule has 2 heteroatoms. The fourth-order valence-electron chi connectivity index (χ4n) is 0.783. The standard InChI is InChI=1S/C7H9NO/c8-5-7(9)6-3-1-2-4-6/h1-4,6H,5,8H2. The lowest BCUT2D eigenvalue weighted by molar-refractivity contribution is -0.118. The van der Waals surface area contributed by atoms with Crippen molar-refractivity contribution in [1.29, 1.82) is 0 Å². The van der Waals surface area contributed by atoms with E-state index in [4.69, 9.17) is 5.73 Å². The van der Waals surface area contributed by atoms with E-state index in [1.54, 1.807) is 0 Å². The Morgan fingerprint density at radius 3 is 2.44 bits per heavy atom. The zero-order chi connectivity index (χ0) is 6.69. The van der Waals surface area contributed by atoms with Gasteiger partial charge in [0.25, 0.3) is 0 Å². The predicted octanol–water partition coefficient (Wildman–Crippen LogP) is 0.256. The molecule has 9 heavy (non-hydrogen) atoms. The van der Waals surface area contributed by atoms with Gasteiger partial charge in [-0.15, -0.1) is 0 Å². The predicted molar refractivity (Wildman–Crippen MR) is 35.8 cm³/mol. The molecule has 0 aromatic carbocycles. The van der Waals surface area contributed by atoms with Gasteiger partial charge in [-0.25, -0.2) is 0 Å². The Balaban J connectivity index is 2.53. The zero-order valence-corrected chi connectivity index (χ0v) is 5.08. The van der Waals surface area contributed by atoms with Crippen LogP contribution in [0.3, 0.4) is 0 Å². The molecule has 0 atom stereocenters. The number of carbonyl (C=O) groups is 1. The third-order valence-electron chi connectivity index (χ3n) is 1.32. The average molecular weight is 123 g/mol. The Bertz CT molecular complexity index is 158. The van der Waals surface area contributed by atoms with Crippen LogP contribution >= 0.6 is 0 Å². The first-order valence-electron chi connectivity index (χ1n) is 2.92. The molecule has 0 amide bonds. The van der Waals surface area contributed by atoms with Gasteiger partial charge < -0.3 is 5.73 Å². The van der Waals surface area contributed by atoms with E-state index in [-0.39, 0.29) is 18.2 Å². The van der Waals surface area contributed by atoms with E-state index in [1.807, 2.05) is 24.3 Å². The van der Waals surface area contributed by atoms with E-state index in [0.717, 1.165) is 0 Å². The van der Waals surface area contributed by atoms with Crippen LogP contribution in [0.5, 0.6) is 0 Å². The Morgan fingerprint density at radius 1 is 1.44 bits per heavy atom. The van der Waals surface area contributed by atoms with Crippen molar-refractivity contribution in [3.05, 3.63) is 24.3 Å². The van der Waals surface area contributed by atoms with Crippen LogP contribution in [-0.4, -0.2) is 12.3 Å². The summed E-state index contributed by atoms with van der Waals surface area (Å²) in [5.41, 5.74) is 5.13. The number of carbonyl (C=O) groups excluding carboxylic acids is 1. The summed E-state index contributed by atoms with van der Waals surface area (Å²) in [7, 11) is 0. The second-order valence-electron chi connectivity index (χ2n) is 1.97. The molecule has 1 aliphatic rings. The molecule has 2 N–H and O–H groups in total. The molecule has 2 nitrogen and oxygen atoms in total. The van der Waals surface area contributed by atoms with Crippen molar-refractivity contribution in [2.45, 2.75) is 0 Å². The van der Waals surface area contributed by atoms with E-state index in [9.17, 15) is 4.79 Å². The number of Topliss-reactive ketones (excluding diaryl/α,β-unsaturated/α-hetero) is 1. The van der Waals surface area contributed by atoms with Crippen LogP contribution < -0.4 is 5.73 Å². The monoisotopic (exact) mass is 123 g/mol. The first-order chi connectivity index (χ1) is 4.34. The van der Waals surface area contributed by atoms with Gasteiger partial charge in [-0.3, -0.25) is 4.79 Å². The molecule has 0 aliphatic heterocycles. The quantitative estimate of drug-likeness (QED) is 0.572. The second kappa shape index (κ2) is 2.60. The molecule has 0 radical (unpaired) electrons. The molecule has 48 valence electrons. The number of ketones is 1. The number of allylic oxidation sites excluding steroid dienone is 4. The lowest BCUT2D eigenvalue weighted by Gasteiger charge is -1.98. The van der Waals surface area contributed by atoms with E-state index in [2.05, 4.69) is 0 Å². The van der Waals surface area contributed by atoms with Gasteiger partial charge in [0, 0.05) is 0 Å². The van der Waals surface area contributed by atoms with Gasteiger partial charge >= 0.3 is 0 Å². The summed E-state index contributed by atoms with van der Waals surface area (Å²) in [6, 6.07) is 0. The highest BCUT2D eigenvalue weighted by Gasteiger charge is 2.10. The minimum atomic E-state index is -0.0463. The summed E-state index contributed by atoms with van der Waals surface area (Å²) >= 11 is 0. The molecule has 1 aliphatic carbocycles. The van der Waals surface area contributed by atoms with E-state index in [1.165, 1.54) is 0 Å². The number of hydrogen-bond acceptors (Lipinski definition) is 2. The third-order valence-corrected chi connectivity index (χ3v) is 1.32. The SMILES string of the molecule is NCC(=O)C1C=CC=C1. The lowest BCUT2D eigenvalue weighted by Crippen LogP contribution is -2.19. The Kier molecular flexibility index (Phi) is 1.80. The van der Waals surface area contributed by atoms with Gasteiger partial charge in [-0.1, -0.05) is 24.3 Å². The molecule has 0 spiro atoms. The normalized spacial score (nSPS) is 17.0. The van der Waals surface area contributed by atoms with Gasteiger partial charge in [0.15, 0.2) is 5.78 Å². The van der Waals surface area contributed by atoms with Gasteiger partial charge in [-0.2, -0.15) is 0 Å². The lowest BCUT2D eigenvalue weighted by atomic mass is 10.1. The fourth-order valence-corrected chi connectivity index (χ4v) is 0.783. The van der Waals surface area contributed by atoms with E-state index in [0.29, 0.717) is 0 Å². The summed E-state index contributed by atoms with van der Waals surface area (Å²) in [5.74, 6) is 0.0370. The minimum Gasteiger partial charge on any atom is -0.324 e. The summed E-state index contributed by atoms with van der Waals surface area (Å²) in [5, 5.41) is 0. The molecule has 0 fully saturated rings. The van der Waals surface area contributed by atoms with E-state index >= 15 is 0 Å². The van der Waals surface area contributed by atoms with Crippen molar-refractivity contribution >= 4 is 5.78 Å². The largest absolute Gasteiger partial charge is 0.324 e. The zero-order valence-electron chi connectivity index (χ0n) is 5.08. The van der Waals surface area contributed by atoms with Crippen molar-refractivity contribution < 1.29 is 4.79 Å². The highest BCUT2D eigenvalue weighted by molar-refractivity contribution is 5.86. The number of rotatable bonds is 2. The van der Waals surface area contributed by atoms with Crippen molar-refractivity contribution in [3.8, 4) is 0 Å². The Labute approximate surface area is 54.0 Å². The number of nitrogens with two attached hydrogens (primary N) is 1. The molecular weight excluding hydrogens is 114 g/mol. The van der Waals surface area contributed by atoms with Gasteiger partial charge in [0.2, 0.25) is 0 Å². The van der Waals surface area contributed by atoms with Crippen LogP contribution in [0.2, 0.25) is 0 Å². The van der Waals surface area contributed by atoms with Crippen molar-refractivity contribution in [1.82, 2.24) is 0 Å². The summed E-state index contributed by atoms with van der Waals surface area (Å²) < 4.78 is 0. The third kappa shape index (κ3) is 1.27. The summed E-state index contributed by atoms with van der Waals surface area (Å²) in [6.45, 7) is 0.138. The van der Waals surface area contributed by atoms with E-state index < -0.39 is 0 Å². The molecule has 0 aromatic heterocycles. The maximum absolute atomic E-state index is 10.8. The van der Waals surface area contributed by atoms with Gasteiger partial charge in [-0.05, 0) is 0 Å². The highest BCUT2D eigenvalue weighted by Crippen LogP contribution is 2.08. The highest BCUT2D eigenvalue weighted by atomic mass is 16.1. The molecule has 1 rings (SSSR count). The Hall–Kier alpha value is -0.890. The summed E-state index contributed by atoms with van der Waals surface area (Å²) in [6.07, 6.45) is 7.40. The molecule has 0 saturated heterocycles. The number of hydrogen-bond donors (Lipinski definition) is 1. The van der Waals surface area contributed by atoms with Crippen LogP contribution in [0.15, 0.2) is 24.3 Å². The summed E-state index contributed by atoms with van der Waals surface area (Å²) in [4.78, 5) is 10.8. The van der Waals surface area contributed by atoms with Crippen LogP contribution in [0, 0.1) is 5.92 Å². The van der Waals surface area contributed by atoms with Crippen LogP contribution in [-0.2, 0) is 4.79 Å². The first-order valence-corrected chi connectivity index (χ1v) is 2.92. The maximum atomic E-state index is 10.8. The Morgan fingerprint density at radius 2 is 2.00 bits per heavy atom. The van der Waals surface area contributed by atoms with Gasteiger partial charge in [0.05, 0.1) is 12.5 Å². The maximum Gasteiger partial charge on any atom is 0.156 e. The molecule has 0 bridgehead atoms. The van der Waals surface area contributed by atoms with Crippen LogP contribution in [0.25, 0.3) is 0 Å². The van der Waals surface area contributed by atoms with Crippen molar-refractivity contribution in [3.63, 3.8) is 0 Å². The molecule has 0 heterocycles. The second-order valence-corrected chi connectivity index (χ2v) is 1.97. The van der Waals surface area contributed by atoms with Crippen LogP contribution in [0.4, 0.5) is 0 Å². The smallest absolute Gasteiger partial charge is 0.156 e. The van der Waals surface area contributed by atoms with Crippen LogP contribution in [0.1, 0.15) is 0 Å². The van der Waals surface area contributed by atoms with Gasteiger partial charge in [0.1, 0.15) is 0 Å².